The second kappa shape index (κ2) is 2.97. The molecule has 0 aromatic heterocycles. The quantitative estimate of drug-likeness (QED) is 0.403. The van der Waals surface area contributed by atoms with Crippen LogP contribution in [-0.2, 0) is 0 Å². The van der Waals surface area contributed by atoms with Crippen molar-refractivity contribution in [2.45, 2.75) is 19.6 Å². The van der Waals surface area contributed by atoms with Gasteiger partial charge in [-0.3, -0.25) is 0 Å². The normalized spacial score (nSPS) is 13.0. The van der Waals surface area contributed by atoms with Crippen molar-refractivity contribution in [3.8, 4) is 0 Å². The molecule has 0 aromatic carbocycles. The van der Waals surface area contributed by atoms with Crippen LogP contribution in [0.15, 0.2) is 10.2 Å². The summed E-state index contributed by atoms with van der Waals surface area (Å²) in [5.41, 5.74) is 0. The predicted molar refractivity (Wildman–Crippen MR) is 39.0 cm³/mol. The van der Waals surface area contributed by atoms with Gasteiger partial charge in [-0.25, -0.2) is 0 Å². The molecule has 3 heteroatoms. The van der Waals surface area contributed by atoms with Gasteiger partial charge in [-0.2, -0.15) is 10.2 Å². The zero-order chi connectivity index (χ0) is 6.62. The van der Waals surface area contributed by atoms with Crippen LogP contribution in [-0.4, -0.2) is 21.3 Å². The summed E-state index contributed by atoms with van der Waals surface area (Å²) >= 11 is 0. The van der Waals surface area contributed by atoms with E-state index in [2.05, 4.69) is 29.9 Å². The van der Waals surface area contributed by atoms with Crippen LogP contribution in [0.4, 0.5) is 0 Å². The molecule has 0 bridgehead atoms. The average Bonchev–Trinajstić information content (AvgIpc) is 1.59. The Labute approximate surface area is 52.0 Å². The minimum Gasteiger partial charge on any atom is -0.198 e. The van der Waals surface area contributed by atoms with Crippen LogP contribution in [0.1, 0.15) is 0 Å². The highest BCUT2D eigenvalue weighted by atomic mass is 28.3. The molecule has 2 nitrogen and oxygen atoms in total. The maximum atomic E-state index is 3.93. The van der Waals surface area contributed by atoms with Gasteiger partial charge < -0.3 is 0 Å². The Bertz CT molecular complexity index is 82.9. The molecule has 0 unspecified atom stereocenters. The summed E-state index contributed by atoms with van der Waals surface area (Å²) in [4.78, 5) is 0. The first kappa shape index (κ1) is 7.82. The summed E-state index contributed by atoms with van der Waals surface area (Å²) < 4.78 is 0. The van der Waals surface area contributed by atoms with E-state index in [4.69, 9.17) is 0 Å². The fourth-order valence-electron chi connectivity index (χ4n) is 0.283. The molecule has 0 radical (unpaired) electrons. The van der Waals surface area contributed by atoms with Crippen LogP contribution in [0.3, 0.4) is 0 Å². The molecular formula is C5H14N2Si. The maximum Gasteiger partial charge on any atom is 0.0716 e. The summed E-state index contributed by atoms with van der Waals surface area (Å²) in [6.45, 7) is 6.84. The number of hydrogen-bond acceptors (Lipinski definition) is 2. The fourth-order valence-corrected chi connectivity index (χ4v) is 0.849. The van der Waals surface area contributed by atoms with Crippen molar-refractivity contribution < 1.29 is 0 Å². The van der Waals surface area contributed by atoms with Crippen molar-refractivity contribution in [1.82, 2.24) is 0 Å². The zero-order valence-electron chi connectivity index (χ0n) is 6.10. The summed E-state index contributed by atoms with van der Waals surface area (Å²) in [5, 5.41) is 7.61. The summed E-state index contributed by atoms with van der Waals surface area (Å²) in [5.74, 6) is 0. The Morgan fingerprint density at radius 3 is 1.88 bits per heavy atom. The van der Waals surface area contributed by atoms with Gasteiger partial charge in [0.15, 0.2) is 0 Å². The molecule has 8 heavy (non-hydrogen) atoms. The Kier molecular flexibility index (Phi) is 2.90. The number of azo groups is 1. The van der Waals surface area contributed by atoms with E-state index in [0.717, 1.165) is 6.17 Å². The van der Waals surface area contributed by atoms with Crippen molar-refractivity contribution in [2.75, 3.05) is 13.2 Å². The Morgan fingerprint density at radius 1 is 1.25 bits per heavy atom. The average molecular weight is 130 g/mol. The van der Waals surface area contributed by atoms with Crippen molar-refractivity contribution in [1.29, 1.82) is 0 Å². The monoisotopic (exact) mass is 130 g/mol. The maximum absolute atomic E-state index is 3.93. The third kappa shape index (κ3) is 5.82. The van der Waals surface area contributed by atoms with E-state index in [1.807, 2.05) is 0 Å². The molecule has 0 amide bonds. The Hall–Kier alpha value is -0.183. The van der Waals surface area contributed by atoms with E-state index >= 15 is 0 Å². The van der Waals surface area contributed by atoms with Gasteiger partial charge >= 0.3 is 0 Å². The molecule has 0 aromatic rings. The molecule has 0 saturated heterocycles. The SMILES string of the molecule is CN=NC[Si](C)(C)C. The highest BCUT2D eigenvalue weighted by Gasteiger charge is 2.10. The smallest absolute Gasteiger partial charge is 0.0716 e. The lowest BCUT2D eigenvalue weighted by molar-refractivity contribution is 1.05. The lowest BCUT2D eigenvalue weighted by Gasteiger charge is -2.09. The van der Waals surface area contributed by atoms with Crippen molar-refractivity contribution in [2.24, 2.45) is 10.2 Å². The zero-order valence-corrected chi connectivity index (χ0v) is 7.10. The second-order valence-corrected chi connectivity index (χ2v) is 8.50. The summed E-state index contributed by atoms with van der Waals surface area (Å²) in [7, 11) is 0.784. The van der Waals surface area contributed by atoms with Crippen molar-refractivity contribution in [3.05, 3.63) is 0 Å². The Morgan fingerprint density at radius 2 is 1.75 bits per heavy atom. The molecule has 0 rings (SSSR count). The van der Waals surface area contributed by atoms with Gasteiger partial charge in [0.25, 0.3) is 0 Å². The highest BCUT2D eigenvalue weighted by Crippen LogP contribution is 1.99. The number of nitrogens with zero attached hydrogens (tertiary/aromatic N) is 2. The molecule has 0 atom stereocenters. The van der Waals surface area contributed by atoms with E-state index < -0.39 is 8.07 Å². The van der Waals surface area contributed by atoms with Gasteiger partial charge in [-0.15, -0.1) is 0 Å². The summed E-state index contributed by atoms with van der Waals surface area (Å²) in [6.07, 6.45) is 0.962. The van der Waals surface area contributed by atoms with Crippen LogP contribution in [0.5, 0.6) is 0 Å². The first-order chi connectivity index (χ1) is 3.56. The molecular weight excluding hydrogens is 116 g/mol. The highest BCUT2D eigenvalue weighted by molar-refractivity contribution is 6.76. The van der Waals surface area contributed by atoms with E-state index in [9.17, 15) is 0 Å². The number of hydrogen-bond donors (Lipinski definition) is 0. The van der Waals surface area contributed by atoms with Crippen LogP contribution in [0.25, 0.3) is 0 Å². The van der Waals surface area contributed by atoms with E-state index in [-0.39, 0.29) is 0 Å². The lowest BCUT2D eigenvalue weighted by atomic mass is 11.4. The van der Waals surface area contributed by atoms with Crippen LogP contribution in [0, 0.1) is 0 Å². The second-order valence-electron chi connectivity index (χ2n) is 3.06. The van der Waals surface area contributed by atoms with E-state index in [0.29, 0.717) is 0 Å². The van der Waals surface area contributed by atoms with Crippen LogP contribution < -0.4 is 0 Å². The lowest BCUT2D eigenvalue weighted by Crippen LogP contribution is -2.24. The van der Waals surface area contributed by atoms with E-state index in [1.165, 1.54) is 0 Å². The number of rotatable bonds is 2. The van der Waals surface area contributed by atoms with Gasteiger partial charge in [0.05, 0.1) is 14.2 Å². The Balaban J connectivity index is 3.39. The van der Waals surface area contributed by atoms with Gasteiger partial charge in [-0.05, 0) is 0 Å². The van der Waals surface area contributed by atoms with Crippen LogP contribution >= 0.6 is 0 Å². The largest absolute Gasteiger partial charge is 0.198 e. The van der Waals surface area contributed by atoms with Crippen molar-refractivity contribution in [3.63, 3.8) is 0 Å². The van der Waals surface area contributed by atoms with Gasteiger partial charge in [0.2, 0.25) is 0 Å². The minimum absolute atomic E-state index is 0.939. The molecule has 0 fully saturated rings. The fraction of sp³-hybridized carbons (Fsp3) is 1.00. The van der Waals surface area contributed by atoms with Crippen molar-refractivity contribution >= 4 is 8.07 Å². The molecule has 0 N–H and O–H groups in total. The van der Waals surface area contributed by atoms with Crippen LogP contribution in [0.2, 0.25) is 19.6 Å². The molecule has 0 aliphatic rings. The molecule has 0 spiro atoms. The van der Waals surface area contributed by atoms with Gasteiger partial charge in [-0.1, -0.05) is 19.6 Å². The first-order valence-corrected chi connectivity index (χ1v) is 6.52. The molecule has 0 aliphatic carbocycles. The van der Waals surface area contributed by atoms with E-state index in [1.54, 1.807) is 7.05 Å². The van der Waals surface area contributed by atoms with Gasteiger partial charge in [0.1, 0.15) is 0 Å². The van der Waals surface area contributed by atoms with Gasteiger partial charge in [0, 0.05) is 7.05 Å². The minimum atomic E-state index is -0.939. The molecule has 48 valence electrons. The third-order valence-corrected chi connectivity index (χ3v) is 1.78. The summed E-state index contributed by atoms with van der Waals surface area (Å²) in [6, 6.07) is 0. The standard InChI is InChI=1S/C5H14N2Si/c1-6-7-5-8(2,3)4/h5H2,1-4H3. The predicted octanol–water partition coefficient (Wildman–Crippen LogP) is 1.95. The first-order valence-electron chi connectivity index (χ1n) is 2.82. The molecule has 0 aliphatic heterocycles. The third-order valence-electron chi connectivity index (χ3n) is 0.686. The topological polar surface area (TPSA) is 24.7 Å². The molecule has 0 saturated carbocycles. The molecule has 0 heterocycles.